The third kappa shape index (κ3) is 3.10. The lowest BCUT2D eigenvalue weighted by Gasteiger charge is -2.22. The van der Waals surface area contributed by atoms with Crippen LogP contribution in [-0.4, -0.2) is 0 Å². The van der Waals surface area contributed by atoms with Crippen molar-refractivity contribution in [3.05, 3.63) is 70.3 Å². The Morgan fingerprint density at radius 2 is 1.41 bits per heavy atom. The van der Waals surface area contributed by atoms with E-state index >= 15 is 0 Å². The van der Waals surface area contributed by atoms with Crippen LogP contribution in [-0.2, 0) is 18.3 Å². The van der Waals surface area contributed by atoms with Crippen molar-refractivity contribution in [1.82, 2.24) is 0 Å². The fourth-order valence-corrected chi connectivity index (χ4v) is 3.33. The second-order valence-corrected chi connectivity index (χ2v) is 7.58. The zero-order valence-electron chi connectivity index (χ0n) is 14.0. The minimum Gasteiger partial charge on any atom is -0.320 e. The van der Waals surface area contributed by atoms with Crippen molar-refractivity contribution >= 4 is 0 Å². The van der Waals surface area contributed by atoms with Gasteiger partial charge in [-0.1, -0.05) is 63.2 Å². The lowest BCUT2D eigenvalue weighted by atomic mass is 9.85. The molecule has 0 bridgehead atoms. The molecule has 0 aromatic heterocycles. The molecule has 116 valence electrons. The van der Waals surface area contributed by atoms with Crippen LogP contribution in [0.1, 0.15) is 67.5 Å². The Kier molecular flexibility index (Phi) is 4.10. The molecule has 1 aliphatic rings. The molecule has 1 heteroatoms. The highest BCUT2D eigenvalue weighted by Gasteiger charge is 2.16. The molecule has 0 fully saturated rings. The second-order valence-electron chi connectivity index (χ2n) is 7.58. The standard InChI is InChI=1S/C21H27N/c1-21(2,3)19-12-10-16(11-13-19)20(22)18-9-8-15-6-4-5-7-17(15)14-18/h8-14,20H,4-7,22H2,1-3H3. The van der Waals surface area contributed by atoms with Crippen molar-refractivity contribution in [2.24, 2.45) is 5.73 Å². The Balaban J connectivity index is 1.86. The molecule has 1 unspecified atom stereocenters. The number of rotatable bonds is 2. The Morgan fingerprint density at radius 3 is 2.05 bits per heavy atom. The van der Waals surface area contributed by atoms with E-state index in [2.05, 4.69) is 63.2 Å². The topological polar surface area (TPSA) is 26.0 Å². The molecule has 0 saturated heterocycles. The van der Waals surface area contributed by atoms with Gasteiger partial charge < -0.3 is 5.73 Å². The number of nitrogens with two attached hydrogens (primary N) is 1. The van der Waals surface area contributed by atoms with Crippen LogP contribution in [0, 0.1) is 0 Å². The van der Waals surface area contributed by atoms with E-state index in [1.807, 2.05) is 0 Å². The molecule has 22 heavy (non-hydrogen) atoms. The van der Waals surface area contributed by atoms with Gasteiger partial charge in [-0.3, -0.25) is 0 Å². The SMILES string of the molecule is CC(C)(C)c1ccc(C(N)c2ccc3c(c2)CCCC3)cc1. The third-order valence-electron chi connectivity index (χ3n) is 4.87. The van der Waals surface area contributed by atoms with E-state index in [-0.39, 0.29) is 11.5 Å². The van der Waals surface area contributed by atoms with Crippen molar-refractivity contribution in [3.63, 3.8) is 0 Å². The summed E-state index contributed by atoms with van der Waals surface area (Å²) in [6, 6.07) is 15.6. The summed E-state index contributed by atoms with van der Waals surface area (Å²) in [5, 5.41) is 0. The van der Waals surface area contributed by atoms with Gasteiger partial charge >= 0.3 is 0 Å². The summed E-state index contributed by atoms with van der Waals surface area (Å²) in [6.45, 7) is 6.72. The molecule has 2 aromatic rings. The fraction of sp³-hybridized carbons (Fsp3) is 0.429. The minimum absolute atomic E-state index is 0.0266. The first-order chi connectivity index (χ1) is 10.4. The molecule has 2 aromatic carbocycles. The summed E-state index contributed by atoms with van der Waals surface area (Å²) in [4.78, 5) is 0. The Bertz CT molecular complexity index is 647. The quantitative estimate of drug-likeness (QED) is 0.836. The maximum atomic E-state index is 6.51. The first kappa shape index (κ1) is 15.3. The monoisotopic (exact) mass is 293 g/mol. The summed E-state index contributed by atoms with van der Waals surface area (Å²) in [5.41, 5.74) is 13.5. The zero-order valence-corrected chi connectivity index (χ0v) is 14.0. The van der Waals surface area contributed by atoms with Gasteiger partial charge in [-0.2, -0.15) is 0 Å². The Morgan fingerprint density at radius 1 is 0.818 bits per heavy atom. The van der Waals surface area contributed by atoms with E-state index in [9.17, 15) is 0 Å². The predicted molar refractivity (Wildman–Crippen MR) is 94.3 cm³/mol. The number of hydrogen-bond donors (Lipinski definition) is 1. The summed E-state index contributed by atoms with van der Waals surface area (Å²) in [5.74, 6) is 0. The summed E-state index contributed by atoms with van der Waals surface area (Å²) < 4.78 is 0. The lowest BCUT2D eigenvalue weighted by molar-refractivity contribution is 0.589. The highest BCUT2D eigenvalue weighted by Crippen LogP contribution is 2.28. The maximum Gasteiger partial charge on any atom is 0.0551 e. The van der Waals surface area contributed by atoms with Crippen LogP contribution in [0.3, 0.4) is 0 Å². The van der Waals surface area contributed by atoms with E-state index < -0.39 is 0 Å². The average molecular weight is 293 g/mol. The first-order valence-corrected chi connectivity index (χ1v) is 8.43. The molecule has 1 nitrogen and oxygen atoms in total. The highest BCUT2D eigenvalue weighted by atomic mass is 14.6. The summed E-state index contributed by atoms with van der Waals surface area (Å²) in [7, 11) is 0. The Hall–Kier alpha value is -1.60. The van der Waals surface area contributed by atoms with Gasteiger partial charge in [-0.05, 0) is 58.9 Å². The van der Waals surface area contributed by atoms with Crippen molar-refractivity contribution in [1.29, 1.82) is 0 Å². The largest absolute Gasteiger partial charge is 0.320 e. The van der Waals surface area contributed by atoms with Gasteiger partial charge in [-0.25, -0.2) is 0 Å². The first-order valence-electron chi connectivity index (χ1n) is 8.43. The molecule has 0 aliphatic heterocycles. The second kappa shape index (κ2) is 5.89. The molecular weight excluding hydrogens is 266 g/mol. The van der Waals surface area contributed by atoms with Crippen LogP contribution < -0.4 is 5.73 Å². The lowest BCUT2D eigenvalue weighted by Crippen LogP contribution is -2.15. The molecule has 0 heterocycles. The van der Waals surface area contributed by atoms with Crippen molar-refractivity contribution < 1.29 is 0 Å². The van der Waals surface area contributed by atoms with Crippen LogP contribution in [0.2, 0.25) is 0 Å². The molecule has 3 rings (SSSR count). The highest BCUT2D eigenvalue weighted by molar-refractivity contribution is 5.40. The Labute approximate surface area is 134 Å². The van der Waals surface area contributed by atoms with Crippen LogP contribution in [0.4, 0.5) is 0 Å². The minimum atomic E-state index is -0.0266. The molecule has 0 spiro atoms. The molecule has 1 aliphatic carbocycles. The number of fused-ring (bicyclic) bond motifs is 1. The summed E-state index contributed by atoms with van der Waals surface area (Å²) >= 11 is 0. The van der Waals surface area contributed by atoms with Crippen LogP contribution in [0.15, 0.2) is 42.5 Å². The van der Waals surface area contributed by atoms with Crippen molar-refractivity contribution in [2.75, 3.05) is 0 Å². The fourth-order valence-electron chi connectivity index (χ4n) is 3.33. The maximum absolute atomic E-state index is 6.51. The van der Waals surface area contributed by atoms with Crippen LogP contribution in [0.5, 0.6) is 0 Å². The van der Waals surface area contributed by atoms with Gasteiger partial charge in [-0.15, -0.1) is 0 Å². The molecule has 0 radical (unpaired) electrons. The van der Waals surface area contributed by atoms with Gasteiger partial charge in [0.05, 0.1) is 6.04 Å². The number of aryl methyl sites for hydroxylation is 2. The van der Waals surface area contributed by atoms with E-state index in [4.69, 9.17) is 5.73 Å². The van der Waals surface area contributed by atoms with E-state index in [1.54, 1.807) is 0 Å². The average Bonchev–Trinajstić information content (AvgIpc) is 2.53. The van der Waals surface area contributed by atoms with Crippen LogP contribution >= 0.6 is 0 Å². The van der Waals surface area contributed by atoms with Gasteiger partial charge in [0.1, 0.15) is 0 Å². The predicted octanol–water partition coefficient (Wildman–Crippen LogP) is 4.91. The van der Waals surface area contributed by atoms with Gasteiger partial charge in [0.15, 0.2) is 0 Å². The normalized spacial score (nSPS) is 16.2. The molecular formula is C21H27N. The van der Waals surface area contributed by atoms with E-state index in [0.717, 1.165) is 0 Å². The molecule has 1 atom stereocenters. The van der Waals surface area contributed by atoms with Gasteiger partial charge in [0.25, 0.3) is 0 Å². The van der Waals surface area contributed by atoms with Crippen molar-refractivity contribution in [2.45, 2.75) is 57.9 Å². The molecule has 0 saturated carbocycles. The summed E-state index contributed by atoms with van der Waals surface area (Å²) in [6.07, 6.45) is 5.07. The molecule has 0 amide bonds. The number of benzene rings is 2. The third-order valence-corrected chi connectivity index (χ3v) is 4.87. The van der Waals surface area contributed by atoms with E-state index in [0.29, 0.717) is 0 Å². The number of hydrogen-bond acceptors (Lipinski definition) is 1. The zero-order chi connectivity index (χ0) is 15.7. The van der Waals surface area contributed by atoms with Crippen LogP contribution in [0.25, 0.3) is 0 Å². The van der Waals surface area contributed by atoms with E-state index in [1.165, 1.54) is 53.5 Å². The van der Waals surface area contributed by atoms with Crippen molar-refractivity contribution in [3.8, 4) is 0 Å². The smallest absolute Gasteiger partial charge is 0.0551 e. The van der Waals surface area contributed by atoms with Gasteiger partial charge in [0.2, 0.25) is 0 Å². The molecule has 2 N–H and O–H groups in total. The van der Waals surface area contributed by atoms with Gasteiger partial charge in [0, 0.05) is 0 Å².